The van der Waals surface area contributed by atoms with Crippen LogP contribution in [0.2, 0.25) is 0 Å². The molecular formula is C27H24F3NO4. The minimum Gasteiger partial charge on any atom is -0.507 e. The van der Waals surface area contributed by atoms with Crippen LogP contribution in [0.25, 0.3) is 21.7 Å². The molecule has 5 nitrogen and oxygen atoms in total. The van der Waals surface area contributed by atoms with Gasteiger partial charge in [0.15, 0.2) is 0 Å². The number of halogens is 3. The first kappa shape index (κ1) is 23.2. The number of hydrogen-bond acceptors (Lipinski definition) is 5. The summed E-state index contributed by atoms with van der Waals surface area (Å²) in [5.74, 6) is -2.58. The molecule has 0 aliphatic carbocycles. The summed E-state index contributed by atoms with van der Waals surface area (Å²) < 4.78 is 53.1. The molecule has 8 heteroatoms. The van der Waals surface area contributed by atoms with Gasteiger partial charge in [0.25, 0.3) is 5.76 Å². The van der Waals surface area contributed by atoms with Crippen molar-refractivity contribution in [3.8, 4) is 17.2 Å². The van der Waals surface area contributed by atoms with Gasteiger partial charge in [-0.15, -0.1) is 0 Å². The summed E-state index contributed by atoms with van der Waals surface area (Å²) in [7, 11) is 0. The molecule has 1 aliphatic rings. The highest BCUT2D eigenvalue weighted by Gasteiger charge is 2.41. The number of phenolic OH excluding ortho intramolecular Hbond substituents is 1. The summed E-state index contributed by atoms with van der Waals surface area (Å²) in [6, 6.07) is 14.9. The Bertz CT molecular complexity index is 1460. The van der Waals surface area contributed by atoms with Crippen LogP contribution in [0.1, 0.15) is 37.5 Å². The average Bonchev–Trinajstić information content (AvgIpc) is 2.83. The fraction of sp³-hybridized carbons (Fsp3) is 0.296. The second-order valence-electron chi connectivity index (χ2n) is 8.95. The Labute approximate surface area is 199 Å². The van der Waals surface area contributed by atoms with Crippen molar-refractivity contribution in [2.24, 2.45) is 0 Å². The van der Waals surface area contributed by atoms with Crippen molar-refractivity contribution < 1.29 is 27.4 Å². The molecule has 4 aromatic rings. The first-order valence-electron chi connectivity index (χ1n) is 11.5. The summed E-state index contributed by atoms with van der Waals surface area (Å²) in [5.41, 5.74) is -1.05. The molecule has 1 aromatic heterocycles. The number of likely N-dealkylation sites (tertiary alicyclic amines) is 1. The van der Waals surface area contributed by atoms with Crippen molar-refractivity contribution >= 4 is 21.7 Å². The van der Waals surface area contributed by atoms with E-state index < -0.39 is 23.1 Å². The molecule has 1 saturated heterocycles. The van der Waals surface area contributed by atoms with Crippen LogP contribution in [0, 0.1) is 0 Å². The van der Waals surface area contributed by atoms with Gasteiger partial charge in [0.1, 0.15) is 17.1 Å². The Morgan fingerprint density at radius 1 is 1.09 bits per heavy atom. The quantitative estimate of drug-likeness (QED) is 0.344. The molecule has 0 saturated carbocycles. The molecule has 182 valence electrons. The van der Waals surface area contributed by atoms with Crippen LogP contribution in [-0.4, -0.2) is 22.6 Å². The highest BCUT2D eigenvalue weighted by molar-refractivity contribution is 5.85. The van der Waals surface area contributed by atoms with Crippen LogP contribution < -0.4 is 10.2 Å². The normalized spacial score (nSPS) is 17.2. The fourth-order valence-electron chi connectivity index (χ4n) is 4.66. The molecule has 1 fully saturated rings. The zero-order chi connectivity index (χ0) is 24.7. The lowest BCUT2D eigenvalue weighted by atomic mass is 10.0. The zero-order valence-electron chi connectivity index (χ0n) is 19.1. The lowest BCUT2D eigenvalue weighted by molar-refractivity contribution is -0.154. The van der Waals surface area contributed by atoms with Crippen molar-refractivity contribution in [3.05, 3.63) is 76.1 Å². The highest BCUT2D eigenvalue weighted by Crippen LogP contribution is 2.40. The van der Waals surface area contributed by atoms with E-state index in [9.17, 15) is 23.1 Å². The van der Waals surface area contributed by atoms with E-state index in [2.05, 4.69) is 4.90 Å². The van der Waals surface area contributed by atoms with Gasteiger partial charge in [-0.2, -0.15) is 13.2 Å². The molecule has 35 heavy (non-hydrogen) atoms. The maximum atomic E-state index is 14.1. The molecule has 1 N–H and O–H groups in total. The molecule has 5 rings (SSSR count). The third-order valence-corrected chi connectivity index (χ3v) is 6.60. The number of benzene rings is 3. The van der Waals surface area contributed by atoms with Crippen molar-refractivity contribution in [3.63, 3.8) is 0 Å². The third kappa shape index (κ3) is 4.46. The average molecular weight is 483 g/mol. The van der Waals surface area contributed by atoms with Gasteiger partial charge in [-0.3, -0.25) is 9.69 Å². The maximum Gasteiger partial charge on any atom is 0.453 e. The van der Waals surface area contributed by atoms with Gasteiger partial charge in [-0.05, 0) is 61.3 Å². The predicted octanol–water partition coefficient (Wildman–Crippen LogP) is 6.84. The lowest BCUT2D eigenvalue weighted by Crippen LogP contribution is -2.36. The summed E-state index contributed by atoms with van der Waals surface area (Å²) in [6.07, 6.45) is -2.01. The lowest BCUT2D eigenvalue weighted by Gasteiger charge is -2.33. The molecule has 0 radical (unpaired) electrons. The number of piperidine rings is 1. The summed E-state index contributed by atoms with van der Waals surface area (Å²) in [6.45, 7) is 2.96. The number of aromatic hydroxyl groups is 1. The topological polar surface area (TPSA) is 62.9 Å². The van der Waals surface area contributed by atoms with Crippen LogP contribution >= 0.6 is 0 Å². The predicted molar refractivity (Wildman–Crippen MR) is 127 cm³/mol. The Morgan fingerprint density at radius 2 is 1.86 bits per heavy atom. The van der Waals surface area contributed by atoms with E-state index >= 15 is 0 Å². The smallest absolute Gasteiger partial charge is 0.453 e. The Balaban J connectivity index is 1.65. The molecular weight excluding hydrogens is 459 g/mol. The Kier molecular flexibility index (Phi) is 5.92. The van der Waals surface area contributed by atoms with E-state index in [0.717, 1.165) is 36.6 Å². The largest absolute Gasteiger partial charge is 0.507 e. The molecule has 3 aromatic carbocycles. The molecule has 1 atom stereocenters. The molecule has 0 unspecified atom stereocenters. The van der Waals surface area contributed by atoms with Crippen molar-refractivity contribution in [2.75, 3.05) is 6.54 Å². The highest BCUT2D eigenvalue weighted by atomic mass is 19.4. The number of nitrogens with zero attached hydrogens (tertiary/aromatic N) is 1. The standard InChI is InChI=1S/C27H24F3NO4/c1-16-6-4-5-13-31(16)15-21-22(32)12-11-20-23(33)25(26(27(28,29)30)35-24(20)21)34-19-10-9-17-7-2-3-8-18(17)14-19/h2-3,7-12,14,16,32H,4-6,13,15H2,1H3/t16-/m0/s1. The van der Waals surface area contributed by atoms with Crippen molar-refractivity contribution in [1.29, 1.82) is 0 Å². The van der Waals surface area contributed by atoms with Crippen LogP contribution in [0.3, 0.4) is 0 Å². The third-order valence-electron chi connectivity index (χ3n) is 6.60. The molecule has 0 amide bonds. The second-order valence-corrected chi connectivity index (χ2v) is 8.95. The van der Waals surface area contributed by atoms with E-state index in [0.29, 0.717) is 0 Å². The second kappa shape index (κ2) is 8.92. The van der Waals surface area contributed by atoms with Crippen LogP contribution in [0.15, 0.2) is 63.8 Å². The number of rotatable bonds is 4. The Hall–Kier alpha value is -3.52. The maximum absolute atomic E-state index is 14.1. The van der Waals surface area contributed by atoms with Crippen LogP contribution in [-0.2, 0) is 12.7 Å². The SMILES string of the molecule is C[C@H]1CCCCN1Cc1c(O)ccc2c(=O)c(Oc3ccc4ccccc4c3)c(C(F)(F)F)oc12. The summed E-state index contributed by atoms with van der Waals surface area (Å²) in [5, 5.41) is 12.1. The van der Waals surface area contributed by atoms with Gasteiger partial charge in [0, 0.05) is 12.6 Å². The summed E-state index contributed by atoms with van der Waals surface area (Å²) in [4.78, 5) is 15.4. The first-order valence-corrected chi connectivity index (χ1v) is 11.5. The van der Waals surface area contributed by atoms with Crippen molar-refractivity contribution in [2.45, 2.75) is 44.9 Å². The number of phenols is 1. The van der Waals surface area contributed by atoms with Crippen LogP contribution in [0.4, 0.5) is 13.2 Å². The van der Waals surface area contributed by atoms with Gasteiger partial charge in [0.2, 0.25) is 11.2 Å². The minimum atomic E-state index is -4.99. The fourth-order valence-corrected chi connectivity index (χ4v) is 4.66. The van der Waals surface area contributed by atoms with Crippen molar-refractivity contribution in [1.82, 2.24) is 4.90 Å². The van der Waals surface area contributed by atoms with Gasteiger partial charge < -0.3 is 14.3 Å². The van der Waals surface area contributed by atoms with E-state index in [4.69, 9.17) is 9.15 Å². The zero-order valence-corrected chi connectivity index (χ0v) is 19.1. The van der Waals surface area contributed by atoms with E-state index in [-0.39, 0.29) is 40.6 Å². The van der Waals surface area contributed by atoms with Gasteiger partial charge in [0.05, 0.1) is 10.9 Å². The number of fused-ring (bicyclic) bond motifs is 2. The molecule has 1 aliphatic heterocycles. The van der Waals surface area contributed by atoms with Gasteiger partial charge >= 0.3 is 6.18 Å². The van der Waals surface area contributed by atoms with Crippen LogP contribution in [0.5, 0.6) is 17.2 Å². The number of alkyl halides is 3. The minimum absolute atomic E-state index is 0.0775. The Morgan fingerprint density at radius 3 is 2.60 bits per heavy atom. The van der Waals surface area contributed by atoms with Gasteiger partial charge in [-0.1, -0.05) is 36.8 Å². The summed E-state index contributed by atoms with van der Waals surface area (Å²) >= 11 is 0. The van der Waals surface area contributed by atoms with Gasteiger partial charge in [-0.25, -0.2) is 0 Å². The van der Waals surface area contributed by atoms with E-state index in [1.165, 1.54) is 18.2 Å². The van der Waals surface area contributed by atoms with E-state index in [1.54, 1.807) is 24.3 Å². The number of ether oxygens (including phenoxy) is 1. The monoisotopic (exact) mass is 483 g/mol. The molecule has 2 heterocycles. The molecule has 0 spiro atoms. The van der Waals surface area contributed by atoms with E-state index in [1.807, 2.05) is 19.1 Å². The first-order chi connectivity index (χ1) is 16.7. The molecule has 0 bridgehead atoms. The number of hydrogen-bond donors (Lipinski definition) is 1.